The van der Waals surface area contributed by atoms with E-state index in [9.17, 15) is 0 Å². The summed E-state index contributed by atoms with van der Waals surface area (Å²) in [7, 11) is 1.94. The summed E-state index contributed by atoms with van der Waals surface area (Å²) in [4.78, 5) is 0. The van der Waals surface area contributed by atoms with Crippen molar-refractivity contribution in [2.75, 3.05) is 0 Å². The summed E-state index contributed by atoms with van der Waals surface area (Å²) in [5.41, 5.74) is 0. The lowest BCUT2D eigenvalue weighted by Crippen LogP contribution is -2.25. The fraction of sp³-hybridized carbons (Fsp3) is 0.167. The Morgan fingerprint density at radius 3 is 2.75 bits per heavy atom. The first-order chi connectivity index (χ1) is 3.79. The molecule has 2 heteroatoms. The topological polar surface area (TPSA) is 3.88 Å². The van der Waals surface area contributed by atoms with Gasteiger partial charge >= 0.3 is 0 Å². The monoisotopic (exact) mass is 128 g/mol. The number of hydrogen-bond acceptors (Lipinski definition) is 0. The number of nitrogens with zero attached hydrogens (tertiary/aromatic N) is 1. The molecule has 0 bridgehead atoms. The first-order valence-electron chi connectivity index (χ1n) is 2.40. The fourth-order valence-electron chi connectivity index (χ4n) is 0.551. The van der Waals surface area contributed by atoms with Crippen molar-refractivity contribution in [1.29, 1.82) is 0 Å². The van der Waals surface area contributed by atoms with Crippen molar-refractivity contribution in [1.82, 2.24) is 0 Å². The largest absolute Gasteiger partial charge is 0.206 e. The Morgan fingerprint density at radius 1 is 1.62 bits per heavy atom. The predicted molar refractivity (Wildman–Crippen MR) is 32.6 cm³/mol. The van der Waals surface area contributed by atoms with Gasteiger partial charge in [0, 0.05) is 6.07 Å². The summed E-state index contributed by atoms with van der Waals surface area (Å²) >= 11 is 5.62. The molecule has 1 heterocycles. The van der Waals surface area contributed by atoms with E-state index in [1.165, 1.54) is 0 Å². The molecular formula is C6H7ClN+. The Bertz CT molecular complexity index is 168. The van der Waals surface area contributed by atoms with E-state index in [0.29, 0.717) is 0 Å². The van der Waals surface area contributed by atoms with Crippen LogP contribution in [0.15, 0.2) is 24.5 Å². The second kappa shape index (κ2) is 2.14. The van der Waals surface area contributed by atoms with Gasteiger partial charge < -0.3 is 0 Å². The first kappa shape index (κ1) is 5.57. The third-order valence-corrected chi connectivity index (χ3v) is 1.13. The normalized spacial score (nSPS) is 9.25. The van der Waals surface area contributed by atoms with Gasteiger partial charge in [-0.3, -0.25) is 0 Å². The SMILES string of the molecule is C[n+]1cccc(Cl)c1. The van der Waals surface area contributed by atoms with Crippen molar-refractivity contribution < 1.29 is 4.57 Å². The molecule has 0 aliphatic rings. The third kappa shape index (κ3) is 1.20. The zero-order valence-corrected chi connectivity index (χ0v) is 5.39. The van der Waals surface area contributed by atoms with Gasteiger partial charge in [-0.05, 0) is 6.07 Å². The number of aromatic nitrogens is 1. The predicted octanol–water partition coefficient (Wildman–Crippen LogP) is 1.16. The highest BCUT2D eigenvalue weighted by atomic mass is 35.5. The maximum Gasteiger partial charge on any atom is 0.187 e. The quantitative estimate of drug-likeness (QED) is 0.462. The molecular weight excluding hydrogens is 122 g/mol. The minimum atomic E-state index is 0.773. The third-order valence-electron chi connectivity index (χ3n) is 0.904. The molecule has 42 valence electrons. The molecule has 0 atom stereocenters. The highest BCUT2D eigenvalue weighted by Crippen LogP contribution is 1.99. The van der Waals surface area contributed by atoms with Crippen LogP contribution < -0.4 is 4.57 Å². The molecule has 1 aromatic rings. The highest BCUT2D eigenvalue weighted by molar-refractivity contribution is 6.30. The molecule has 0 fully saturated rings. The van der Waals surface area contributed by atoms with Crippen LogP contribution in [0.25, 0.3) is 0 Å². The van der Waals surface area contributed by atoms with Gasteiger partial charge in [-0.2, -0.15) is 0 Å². The smallest absolute Gasteiger partial charge is 0.187 e. The average Bonchev–Trinajstić information content (AvgIpc) is 1.64. The second-order valence-electron chi connectivity index (χ2n) is 1.69. The van der Waals surface area contributed by atoms with Gasteiger partial charge in [0.2, 0.25) is 0 Å². The van der Waals surface area contributed by atoms with E-state index in [2.05, 4.69) is 0 Å². The Hall–Kier alpha value is -0.560. The van der Waals surface area contributed by atoms with Crippen LogP contribution >= 0.6 is 11.6 Å². The molecule has 0 aliphatic heterocycles. The molecule has 1 rings (SSSR count). The summed E-state index contributed by atoms with van der Waals surface area (Å²) in [6.07, 6.45) is 3.79. The molecule has 0 N–H and O–H groups in total. The van der Waals surface area contributed by atoms with Crippen LogP contribution in [0, 0.1) is 0 Å². The van der Waals surface area contributed by atoms with Crippen LogP contribution in [0.2, 0.25) is 5.02 Å². The van der Waals surface area contributed by atoms with E-state index in [1.54, 1.807) is 0 Å². The van der Waals surface area contributed by atoms with E-state index >= 15 is 0 Å². The molecule has 0 spiro atoms. The summed E-state index contributed by atoms with van der Waals surface area (Å²) in [6, 6.07) is 3.75. The van der Waals surface area contributed by atoms with Crippen molar-refractivity contribution in [3.05, 3.63) is 29.5 Å². The van der Waals surface area contributed by atoms with Gasteiger partial charge in [-0.15, -0.1) is 0 Å². The second-order valence-corrected chi connectivity index (χ2v) is 2.12. The molecule has 0 radical (unpaired) electrons. The Balaban J connectivity index is 3.08. The van der Waals surface area contributed by atoms with Gasteiger partial charge in [0.1, 0.15) is 12.1 Å². The molecule has 8 heavy (non-hydrogen) atoms. The number of halogens is 1. The lowest BCUT2D eigenvalue weighted by atomic mass is 10.5. The van der Waals surface area contributed by atoms with Gasteiger partial charge in [-0.25, -0.2) is 4.57 Å². The summed E-state index contributed by atoms with van der Waals surface area (Å²) in [5.74, 6) is 0. The van der Waals surface area contributed by atoms with Gasteiger partial charge in [0.05, 0.1) is 0 Å². The number of hydrogen-bond donors (Lipinski definition) is 0. The van der Waals surface area contributed by atoms with Crippen molar-refractivity contribution in [3.63, 3.8) is 0 Å². The number of rotatable bonds is 0. The van der Waals surface area contributed by atoms with Crippen molar-refractivity contribution in [3.8, 4) is 0 Å². The van der Waals surface area contributed by atoms with E-state index < -0.39 is 0 Å². The Morgan fingerprint density at radius 2 is 2.38 bits per heavy atom. The van der Waals surface area contributed by atoms with Gasteiger partial charge in [-0.1, -0.05) is 11.6 Å². The molecule has 1 nitrogen and oxygen atoms in total. The summed E-state index contributed by atoms with van der Waals surface area (Å²) < 4.78 is 1.91. The molecule has 0 aromatic carbocycles. The molecule has 0 amide bonds. The number of aryl methyl sites for hydroxylation is 1. The molecule has 0 saturated carbocycles. The summed E-state index contributed by atoms with van der Waals surface area (Å²) in [6.45, 7) is 0. The van der Waals surface area contributed by atoms with Crippen LogP contribution in [0.5, 0.6) is 0 Å². The minimum absolute atomic E-state index is 0.773. The molecule has 0 saturated heterocycles. The van der Waals surface area contributed by atoms with E-state index in [1.807, 2.05) is 36.1 Å². The van der Waals surface area contributed by atoms with Crippen LogP contribution in [0.3, 0.4) is 0 Å². The molecule has 1 aromatic heterocycles. The van der Waals surface area contributed by atoms with Crippen LogP contribution in [0.4, 0.5) is 0 Å². The van der Waals surface area contributed by atoms with Gasteiger partial charge in [0.25, 0.3) is 0 Å². The lowest BCUT2D eigenvalue weighted by Gasteiger charge is -1.83. The summed E-state index contributed by atoms with van der Waals surface area (Å²) in [5, 5.41) is 0.773. The first-order valence-corrected chi connectivity index (χ1v) is 2.77. The maximum atomic E-state index is 5.62. The van der Waals surface area contributed by atoms with E-state index in [-0.39, 0.29) is 0 Å². The van der Waals surface area contributed by atoms with E-state index in [4.69, 9.17) is 11.6 Å². The molecule has 0 unspecified atom stereocenters. The lowest BCUT2D eigenvalue weighted by molar-refractivity contribution is -0.671. The standard InChI is InChI=1S/C6H7ClN/c1-8-4-2-3-6(7)5-8/h2-5H,1H3/q+1. The van der Waals surface area contributed by atoms with Crippen molar-refractivity contribution in [2.24, 2.45) is 7.05 Å². The van der Waals surface area contributed by atoms with Crippen molar-refractivity contribution >= 4 is 11.6 Å². The maximum absolute atomic E-state index is 5.62. The molecule has 0 aliphatic carbocycles. The zero-order chi connectivity index (χ0) is 5.98. The average molecular weight is 129 g/mol. The minimum Gasteiger partial charge on any atom is -0.206 e. The van der Waals surface area contributed by atoms with Crippen LogP contribution in [-0.2, 0) is 7.05 Å². The highest BCUT2D eigenvalue weighted by Gasteiger charge is 1.89. The Labute approximate surface area is 53.5 Å². The number of pyridine rings is 1. The van der Waals surface area contributed by atoms with Crippen LogP contribution in [0.1, 0.15) is 0 Å². The Kier molecular flexibility index (Phi) is 1.49. The van der Waals surface area contributed by atoms with E-state index in [0.717, 1.165) is 5.02 Å². The van der Waals surface area contributed by atoms with Crippen LogP contribution in [-0.4, -0.2) is 0 Å². The zero-order valence-electron chi connectivity index (χ0n) is 4.63. The van der Waals surface area contributed by atoms with Crippen molar-refractivity contribution in [2.45, 2.75) is 0 Å². The fourth-order valence-corrected chi connectivity index (χ4v) is 0.778. The van der Waals surface area contributed by atoms with Gasteiger partial charge in [0.15, 0.2) is 12.4 Å².